The zero-order valence-corrected chi connectivity index (χ0v) is 43.2. The maximum absolute atomic E-state index is 14.0. The summed E-state index contributed by atoms with van der Waals surface area (Å²) in [5, 5.41) is 14.0. The van der Waals surface area contributed by atoms with Crippen LogP contribution in [0.3, 0.4) is 0 Å². The normalized spacial score (nSPS) is 11.8. The highest BCUT2D eigenvalue weighted by atomic mass is 31.2. The minimum atomic E-state index is -2.11. The van der Waals surface area contributed by atoms with E-state index in [0.29, 0.717) is 12.8 Å². The largest absolute Gasteiger partial charge is 0.463 e. The second-order valence-corrected chi connectivity index (χ2v) is 23.3. The molecular weight excluding hydrogens is 920 g/mol. The molecule has 18 heteroatoms. The number of hydrogen-bond acceptors (Lipinski definition) is 13. The van der Waals surface area contributed by atoms with Crippen LogP contribution in [0, 0.1) is 0 Å². The van der Waals surface area contributed by atoms with Gasteiger partial charge in [-0.05, 0) is 118 Å². The van der Waals surface area contributed by atoms with Crippen LogP contribution in [0.2, 0.25) is 0 Å². The van der Waals surface area contributed by atoms with Crippen molar-refractivity contribution in [1.82, 2.24) is 21.3 Å². The number of amides is 4. The lowest BCUT2D eigenvalue weighted by Crippen LogP contribution is -2.59. The van der Waals surface area contributed by atoms with Crippen LogP contribution in [0.15, 0.2) is 91.0 Å². The van der Waals surface area contributed by atoms with Gasteiger partial charge in [-0.15, -0.1) is 0 Å². The van der Waals surface area contributed by atoms with Crippen molar-refractivity contribution in [3.05, 3.63) is 91.0 Å². The molecule has 0 aliphatic rings. The van der Waals surface area contributed by atoms with Crippen LogP contribution < -0.4 is 37.2 Å². The average Bonchev–Trinajstić information content (AvgIpc) is 3.27. The standard InChI is InChI=1S/C52H73N4O13P/c1-49(2,3)67-46(61)53-32-29-43(58)64-36-52(37-65-44(59)30-33-54-47(62)68-50(4,5)6,38-66-45(60)31-34-55-48(63)69-51(7,8)9)56-42(57)28-20-13-21-35-70(39-22-14-10-15-23-39,40-24-16-11-17-25-40)41-26-18-12-19-27-41/h10-12,14-19,22-27H,13,20-21,28-38H2,1-9H3,(H3-,53,54,55,56,57,61,62,63)/p+1. The van der Waals surface area contributed by atoms with E-state index in [2.05, 4.69) is 94.1 Å². The van der Waals surface area contributed by atoms with Crippen molar-refractivity contribution in [2.24, 2.45) is 0 Å². The Hall–Kier alpha value is -6.22. The van der Waals surface area contributed by atoms with E-state index < -0.39 is 91.5 Å². The molecule has 3 aromatic carbocycles. The van der Waals surface area contributed by atoms with Gasteiger partial charge in [-0.2, -0.15) is 0 Å². The Bertz CT molecular complexity index is 1920. The number of carbonyl (C=O) groups excluding carboxylic acids is 7. The van der Waals surface area contributed by atoms with Crippen LogP contribution in [-0.4, -0.2) is 110 Å². The van der Waals surface area contributed by atoms with Gasteiger partial charge in [-0.3, -0.25) is 19.2 Å². The fourth-order valence-corrected chi connectivity index (χ4v) is 11.3. The number of esters is 3. The van der Waals surface area contributed by atoms with E-state index in [9.17, 15) is 33.6 Å². The second kappa shape index (κ2) is 27.8. The number of ether oxygens (including phenoxy) is 6. The second-order valence-electron chi connectivity index (χ2n) is 19.7. The third-order valence-electron chi connectivity index (χ3n) is 9.91. The lowest BCUT2D eigenvalue weighted by molar-refractivity contribution is -0.159. The van der Waals surface area contributed by atoms with E-state index in [4.69, 9.17) is 28.4 Å². The van der Waals surface area contributed by atoms with Gasteiger partial charge in [0.25, 0.3) is 0 Å². The predicted molar refractivity (Wildman–Crippen MR) is 269 cm³/mol. The number of hydrogen-bond donors (Lipinski definition) is 4. The molecule has 0 atom stereocenters. The third-order valence-corrected chi connectivity index (χ3v) is 14.4. The summed E-state index contributed by atoms with van der Waals surface area (Å²) in [6, 6.07) is 31.4. The summed E-state index contributed by atoms with van der Waals surface area (Å²) in [5.41, 5.74) is -4.11. The van der Waals surface area contributed by atoms with Gasteiger partial charge in [0.05, 0.1) is 25.4 Å². The summed E-state index contributed by atoms with van der Waals surface area (Å²) in [6.07, 6.45) is -0.336. The first-order valence-electron chi connectivity index (χ1n) is 23.6. The number of benzene rings is 3. The number of unbranched alkanes of at least 4 members (excludes halogenated alkanes) is 2. The summed E-state index contributed by atoms with van der Waals surface area (Å²) in [7, 11) is -2.11. The molecule has 0 unspecified atom stereocenters. The Balaban J connectivity index is 1.82. The molecule has 0 spiro atoms. The fourth-order valence-electron chi connectivity index (χ4n) is 6.90. The van der Waals surface area contributed by atoms with Crippen LogP contribution in [0.1, 0.15) is 107 Å². The van der Waals surface area contributed by atoms with Crippen molar-refractivity contribution in [1.29, 1.82) is 0 Å². The monoisotopic (exact) mass is 993 g/mol. The number of nitrogens with one attached hydrogen (secondary N) is 4. The molecule has 0 fully saturated rings. The summed E-state index contributed by atoms with van der Waals surface area (Å²) < 4.78 is 32.5. The van der Waals surface area contributed by atoms with Crippen molar-refractivity contribution in [2.75, 3.05) is 45.6 Å². The Morgan fingerprint density at radius 1 is 0.429 bits per heavy atom. The minimum Gasteiger partial charge on any atom is -0.463 e. The predicted octanol–water partition coefficient (Wildman–Crippen LogP) is 6.77. The van der Waals surface area contributed by atoms with Crippen molar-refractivity contribution >= 4 is 65.3 Å². The van der Waals surface area contributed by atoms with Crippen molar-refractivity contribution < 1.29 is 62.0 Å². The van der Waals surface area contributed by atoms with Gasteiger partial charge in [0.15, 0.2) is 0 Å². The van der Waals surface area contributed by atoms with E-state index in [1.165, 1.54) is 15.9 Å². The van der Waals surface area contributed by atoms with Gasteiger partial charge in [0.1, 0.15) is 65.3 Å². The molecule has 70 heavy (non-hydrogen) atoms. The molecule has 3 aromatic rings. The quantitative estimate of drug-likeness (QED) is 0.0298. The summed E-state index contributed by atoms with van der Waals surface area (Å²) in [5.74, 6) is -2.88. The van der Waals surface area contributed by atoms with E-state index in [0.717, 1.165) is 12.6 Å². The molecule has 0 aliphatic carbocycles. The highest BCUT2D eigenvalue weighted by molar-refractivity contribution is 7.95. The smallest absolute Gasteiger partial charge is 0.407 e. The first kappa shape index (κ1) is 58.1. The first-order chi connectivity index (χ1) is 32.9. The molecule has 0 saturated carbocycles. The van der Waals surface area contributed by atoms with Gasteiger partial charge < -0.3 is 49.7 Å². The minimum absolute atomic E-state index is 0.0183. The maximum Gasteiger partial charge on any atom is 0.407 e. The van der Waals surface area contributed by atoms with E-state index in [1.54, 1.807) is 62.3 Å². The highest BCUT2D eigenvalue weighted by Gasteiger charge is 2.44. The summed E-state index contributed by atoms with van der Waals surface area (Å²) >= 11 is 0. The zero-order valence-electron chi connectivity index (χ0n) is 42.3. The molecule has 0 heterocycles. The maximum atomic E-state index is 14.0. The molecule has 0 radical (unpaired) electrons. The Kier molecular flexibility index (Phi) is 23.1. The molecular formula is C52H74N4O13P+. The molecule has 4 N–H and O–H groups in total. The molecule has 0 aliphatic heterocycles. The lowest BCUT2D eigenvalue weighted by atomic mass is 10.0. The third kappa shape index (κ3) is 22.5. The number of alkyl carbamates (subject to hydrolysis) is 3. The van der Waals surface area contributed by atoms with Gasteiger partial charge in [0, 0.05) is 26.1 Å². The number of carbonyl (C=O) groups is 7. The Labute approximate surface area is 413 Å². The van der Waals surface area contributed by atoms with Crippen LogP contribution in [-0.2, 0) is 47.6 Å². The highest BCUT2D eigenvalue weighted by Crippen LogP contribution is 2.56. The fraction of sp³-hybridized carbons (Fsp3) is 0.519. The Morgan fingerprint density at radius 3 is 1.04 bits per heavy atom. The summed E-state index contributed by atoms with van der Waals surface area (Å²) in [4.78, 5) is 90.0. The SMILES string of the molecule is CC(C)(C)OC(=O)NCCC(=O)OCC(COC(=O)CCNC(=O)OC(C)(C)C)(COC(=O)CCNC(=O)OC(C)(C)C)NC(=O)CCCCC[P+](c1ccccc1)(c1ccccc1)c1ccccc1. The van der Waals surface area contributed by atoms with Crippen LogP contribution in [0.4, 0.5) is 14.4 Å². The Morgan fingerprint density at radius 2 is 0.743 bits per heavy atom. The van der Waals surface area contributed by atoms with Crippen LogP contribution in [0.25, 0.3) is 0 Å². The molecule has 4 amide bonds. The van der Waals surface area contributed by atoms with Gasteiger partial charge >= 0.3 is 36.2 Å². The van der Waals surface area contributed by atoms with E-state index >= 15 is 0 Å². The number of rotatable bonds is 25. The van der Waals surface area contributed by atoms with Crippen molar-refractivity contribution in [3.63, 3.8) is 0 Å². The topological polar surface area (TPSA) is 223 Å². The first-order valence-corrected chi connectivity index (χ1v) is 25.6. The van der Waals surface area contributed by atoms with Gasteiger partial charge in [0.2, 0.25) is 5.91 Å². The molecule has 0 bridgehead atoms. The molecule has 384 valence electrons. The van der Waals surface area contributed by atoms with E-state index in [-0.39, 0.29) is 45.3 Å². The van der Waals surface area contributed by atoms with Gasteiger partial charge in [-0.1, -0.05) is 54.6 Å². The van der Waals surface area contributed by atoms with Crippen molar-refractivity contribution in [2.45, 2.75) is 130 Å². The average molecular weight is 994 g/mol. The van der Waals surface area contributed by atoms with Crippen molar-refractivity contribution in [3.8, 4) is 0 Å². The van der Waals surface area contributed by atoms with Crippen LogP contribution in [0.5, 0.6) is 0 Å². The van der Waals surface area contributed by atoms with Gasteiger partial charge in [-0.25, -0.2) is 14.4 Å². The molecule has 0 saturated heterocycles. The zero-order chi connectivity index (χ0) is 51.9. The van der Waals surface area contributed by atoms with Crippen LogP contribution >= 0.6 is 7.26 Å². The van der Waals surface area contributed by atoms with E-state index in [1.807, 2.05) is 18.2 Å². The molecule has 17 nitrogen and oxygen atoms in total. The molecule has 3 rings (SSSR count). The molecule has 0 aromatic heterocycles. The summed E-state index contributed by atoms with van der Waals surface area (Å²) in [6.45, 7) is 13.0. The lowest BCUT2D eigenvalue weighted by Gasteiger charge is -2.33.